The van der Waals surface area contributed by atoms with Gasteiger partial charge in [0.1, 0.15) is 11.5 Å². The fourth-order valence-electron chi connectivity index (χ4n) is 2.06. The van der Waals surface area contributed by atoms with Crippen molar-refractivity contribution in [3.8, 4) is 0 Å². The van der Waals surface area contributed by atoms with E-state index in [1.807, 2.05) is 0 Å². The summed E-state index contributed by atoms with van der Waals surface area (Å²) in [5, 5.41) is 0. The van der Waals surface area contributed by atoms with E-state index < -0.39 is 17.5 Å². The summed E-state index contributed by atoms with van der Waals surface area (Å²) in [4.78, 5) is 34.9. The molecule has 0 aromatic rings. The van der Waals surface area contributed by atoms with Gasteiger partial charge in [0.2, 0.25) is 0 Å². The van der Waals surface area contributed by atoms with Crippen molar-refractivity contribution in [3.05, 3.63) is 12.2 Å². The van der Waals surface area contributed by atoms with Crippen LogP contribution < -0.4 is 0 Å². The van der Waals surface area contributed by atoms with Crippen LogP contribution in [0.15, 0.2) is 12.2 Å². The zero-order valence-electron chi connectivity index (χ0n) is 11.6. The molecule has 0 radical (unpaired) electrons. The Morgan fingerprint density at radius 2 is 2.16 bits per heavy atom. The summed E-state index contributed by atoms with van der Waals surface area (Å²) < 4.78 is 10.0. The largest absolute Gasteiger partial charge is 0.465 e. The van der Waals surface area contributed by atoms with Crippen molar-refractivity contribution in [2.24, 2.45) is 5.41 Å². The maximum atomic E-state index is 12.1. The molecule has 2 atom stereocenters. The average molecular weight is 268 g/mol. The topological polar surface area (TPSA) is 69.7 Å². The van der Waals surface area contributed by atoms with E-state index in [2.05, 4.69) is 0 Å². The van der Waals surface area contributed by atoms with Crippen LogP contribution in [0.2, 0.25) is 0 Å². The lowest BCUT2D eigenvalue weighted by Gasteiger charge is -2.27. The fourth-order valence-corrected chi connectivity index (χ4v) is 2.06. The number of hydrogen-bond donors (Lipinski definition) is 0. The first kappa shape index (κ1) is 15.4. The van der Waals surface area contributed by atoms with Crippen molar-refractivity contribution in [1.29, 1.82) is 0 Å². The molecule has 0 spiro atoms. The predicted molar refractivity (Wildman–Crippen MR) is 68.3 cm³/mol. The highest BCUT2D eigenvalue weighted by Gasteiger charge is 2.41. The van der Waals surface area contributed by atoms with Gasteiger partial charge in [0.15, 0.2) is 5.78 Å². The molecule has 0 heterocycles. The van der Waals surface area contributed by atoms with Gasteiger partial charge in [-0.1, -0.05) is 0 Å². The third-order valence-corrected chi connectivity index (χ3v) is 3.21. The van der Waals surface area contributed by atoms with E-state index in [4.69, 9.17) is 9.47 Å². The van der Waals surface area contributed by atoms with Gasteiger partial charge in [-0.3, -0.25) is 14.4 Å². The molecule has 106 valence electrons. The third-order valence-electron chi connectivity index (χ3n) is 3.21. The summed E-state index contributed by atoms with van der Waals surface area (Å²) in [6.45, 7) is 4.89. The Hall–Kier alpha value is -1.65. The second-order valence-electron chi connectivity index (χ2n) is 4.82. The van der Waals surface area contributed by atoms with Gasteiger partial charge in [-0.2, -0.15) is 0 Å². The first-order valence-electron chi connectivity index (χ1n) is 6.47. The minimum absolute atomic E-state index is 0.251. The monoisotopic (exact) mass is 268 g/mol. The molecule has 0 N–H and O–H groups in total. The summed E-state index contributed by atoms with van der Waals surface area (Å²) in [6.07, 6.45) is 4.08. The molecule has 1 rings (SSSR count). The molecular formula is C14H20O5. The van der Waals surface area contributed by atoms with Crippen molar-refractivity contribution in [2.45, 2.75) is 46.1 Å². The summed E-state index contributed by atoms with van der Waals surface area (Å²) >= 11 is 0. The van der Waals surface area contributed by atoms with Crippen LogP contribution in [0.3, 0.4) is 0 Å². The van der Waals surface area contributed by atoms with Crippen LogP contribution in [0.5, 0.6) is 0 Å². The second-order valence-corrected chi connectivity index (χ2v) is 4.82. The van der Waals surface area contributed by atoms with Gasteiger partial charge >= 0.3 is 11.9 Å². The lowest BCUT2D eigenvalue weighted by Crippen LogP contribution is -2.38. The smallest absolute Gasteiger partial charge is 0.319 e. The molecule has 0 aromatic carbocycles. The number of hydrogen-bond acceptors (Lipinski definition) is 5. The Labute approximate surface area is 112 Å². The number of rotatable bonds is 3. The lowest BCUT2D eigenvalue weighted by atomic mass is 9.78. The van der Waals surface area contributed by atoms with Crippen LogP contribution in [0, 0.1) is 5.41 Å². The Morgan fingerprint density at radius 1 is 1.47 bits per heavy atom. The Balaban J connectivity index is 2.84. The highest BCUT2D eigenvalue weighted by atomic mass is 16.5. The van der Waals surface area contributed by atoms with Crippen LogP contribution in [0.4, 0.5) is 0 Å². The molecule has 0 saturated carbocycles. The third kappa shape index (κ3) is 3.91. The number of allylic oxidation sites excluding steroid dienone is 1. The predicted octanol–water partition coefficient (Wildman–Crippen LogP) is 1.80. The zero-order valence-corrected chi connectivity index (χ0v) is 11.6. The fraction of sp³-hybridized carbons (Fsp3) is 0.643. The van der Waals surface area contributed by atoms with Gasteiger partial charge in [0.05, 0.1) is 6.61 Å². The Kier molecular flexibility index (Phi) is 5.27. The zero-order chi connectivity index (χ0) is 14.5. The van der Waals surface area contributed by atoms with Crippen LogP contribution in [0.25, 0.3) is 0 Å². The van der Waals surface area contributed by atoms with Gasteiger partial charge in [0, 0.05) is 6.92 Å². The normalized spacial score (nSPS) is 29.0. The van der Waals surface area contributed by atoms with Gasteiger partial charge in [-0.05, 0) is 45.3 Å². The minimum Gasteiger partial charge on any atom is -0.465 e. The van der Waals surface area contributed by atoms with E-state index >= 15 is 0 Å². The molecule has 0 saturated heterocycles. The molecular weight excluding hydrogens is 248 g/mol. The molecule has 2 unspecified atom stereocenters. The van der Waals surface area contributed by atoms with E-state index in [-0.39, 0.29) is 18.4 Å². The van der Waals surface area contributed by atoms with E-state index in [0.29, 0.717) is 19.3 Å². The average Bonchev–Trinajstić information content (AvgIpc) is 2.33. The van der Waals surface area contributed by atoms with Gasteiger partial charge in [-0.25, -0.2) is 0 Å². The summed E-state index contributed by atoms with van der Waals surface area (Å²) in [5.74, 6) is -1.17. The van der Waals surface area contributed by atoms with Gasteiger partial charge in [-0.15, -0.1) is 0 Å². The van der Waals surface area contributed by atoms with E-state index in [9.17, 15) is 14.4 Å². The number of ketones is 1. The lowest BCUT2D eigenvalue weighted by molar-refractivity contribution is -0.159. The number of ether oxygens (including phenoxy) is 2. The van der Waals surface area contributed by atoms with Crippen LogP contribution >= 0.6 is 0 Å². The van der Waals surface area contributed by atoms with Crippen molar-refractivity contribution >= 4 is 17.7 Å². The van der Waals surface area contributed by atoms with E-state index in [0.717, 1.165) is 0 Å². The minimum atomic E-state index is -1.13. The van der Waals surface area contributed by atoms with Gasteiger partial charge in [0.25, 0.3) is 0 Å². The Morgan fingerprint density at radius 3 is 2.74 bits per heavy atom. The second kappa shape index (κ2) is 6.50. The van der Waals surface area contributed by atoms with Crippen molar-refractivity contribution in [2.75, 3.05) is 6.61 Å². The molecule has 0 aromatic heterocycles. The van der Waals surface area contributed by atoms with Crippen LogP contribution in [-0.4, -0.2) is 30.4 Å². The molecule has 0 amide bonds. The molecule has 5 nitrogen and oxygen atoms in total. The van der Waals surface area contributed by atoms with Crippen LogP contribution in [-0.2, 0) is 23.9 Å². The number of esters is 2. The van der Waals surface area contributed by atoms with Crippen molar-refractivity contribution in [3.63, 3.8) is 0 Å². The summed E-state index contributed by atoms with van der Waals surface area (Å²) in [6, 6.07) is 0. The molecule has 5 heteroatoms. The molecule has 0 aliphatic heterocycles. The molecule has 0 fully saturated rings. The first-order valence-corrected chi connectivity index (χ1v) is 6.47. The first-order chi connectivity index (χ1) is 8.90. The molecule has 1 aliphatic carbocycles. The number of carbonyl (C=O) groups is 3. The summed E-state index contributed by atoms with van der Waals surface area (Å²) in [5.41, 5.74) is -1.13. The Bertz CT molecular complexity index is 399. The van der Waals surface area contributed by atoms with E-state index in [1.165, 1.54) is 13.0 Å². The van der Waals surface area contributed by atoms with Crippen LogP contribution in [0.1, 0.15) is 40.0 Å². The maximum absolute atomic E-state index is 12.1. The molecule has 1 aliphatic rings. The standard InChI is InChI=1S/C14H20O5/c1-4-18-13(17)14(3)9-5-6-11(19-10(2)15)7-8-12(14)16/h7-8,11H,4-6,9H2,1-3H3/b8-7-. The summed E-state index contributed by atoms with van der Waals surface area (Å²) in [7, 11) is 0. The highest BCUT2D eigenvalue weighted by molar-refractivity contribution is 6.08. The van der Waals surface area contributed by atoms with Crippen molar-refractivity contribution in [1.82, 2.24) is 0 Å². The van der Waals surface area contributed by atoms with E-state index in [1.54, 1.807) is 19.9 Å². The SMILES string of the molecule is CCOC(=O)C1(C)CCCC(OC(C)=O)/C=C\C1=O. The maximum Gasteiger partial charge on any atom is 0.319 e. The van der Waals surface area contributed by atoms with Gasteiger partial charge < -0.3 is 9.47 Å². The van der Waals surface area contributed by atoms with Crippen molar-refractivity contribution < 1.29 is 23.9 Å². The quantitative estimate of drug-likeness (QED) is 0.576. The molecule has 19 heavy (non-hydrogen) atoms. The highest BCUT2D eigenvalue weighted by Crippen LogP contribution is 2.30. The molecule has 0 bridgehead atoms. The number of carbonyl (C=O) groups excluding carboxylic acids is 3.